The van der Waals surface area contributed by atoms with E-state index in [0.29, 0.717) is 38.8 Å². The summed E-state index contributed by atoms with van der Waals surface area (Å²) in [6, 6.07) is 0. The van der Waals surface area contributed by atoms with Gasteiger partial charge in [-0.15, -0.1) is 0 Å². The van der Waals surface area contributed by atoms with Crippen LogP contribution in [-0.2, 0) is 19.1 Å². The maximum atomic E-state index is 12.0. The van der Waals surface area contributed by atoms with Crippen LogP contribution < -0.4 is 10.6 Å². The summed E-state index contributed by atoms with van der Waals surface area (Å²) < 4.78 is 10.0. The van der Waals surface area contributed by atoms with E-state index in [0.717, 1.165) is 19.4 Å². The molecule has 0 aromatic rings. The van der Waals surface area contributed by atoms with Gasteiger partial charge < -0.3 is 25.0 Å². The number of piperidine rings is 1. The second-order valence-corrected chi connectivity index (χ2v) is 5.55. The van der Waals surface area contributed by atoms with Crippen LogP contribution in [-0.4, -0.2) is 75.8 Å². The maximum absolute atomic E-state index is 12.0. The summed E-state index contributed by atoms with van der Waals surface area (Å²) in [5, 5.41) is 5.92. The average molecular weight is 342 g/mol. The van der Waals surface area contributed by atoms with Gasteiger partial charge in [-0.3, -0.25) is 9.59 Å². The zero-order valence-electron chi connectivity index (χ0n) is 15.0. The van der Waals surface area contributed by atoms with Gasteiger partial charge in [0.2, 0.25) is 5.91 Å². The molecule has 1 heterocycles. The average Bonchev–Trinajstić information content (AvgIpc) is 2.59. The molecule has 8 heteroatoms. The molecule has 1 aliphatic rings. The van der Waals surface area contributed by atoms with E-state index < -0.39 is 0 Å². The Labute approximate surface area is 144 Å². The Balaban J connectivity index is 2.60. The minimum Gasteiger partial charge on any atom is -0.466 e. The smallest absolute Gasteiger partial charge is 0.310 e. The third-order valence-electron chi connectivity index (χ3n) is 3.68. The molecule has 1 atom stereocenters. The highest BCUT2D eigenvalue weighted by atomic mass is 16.5. The lowest BCUT2D eigenvalue weighted by Crippen LogP contribution is -2.48. The van der Waals surface area contributed by atoms with E-state index in [2.05, 4.69) is 15.6 Å². The normalized spacial score (nSPS) is 18.2. The van der Waals surface area contributed by atoms with E-state index in [4.69, 9.17) is 9.47 Å². The number of hydrogen-bond donors (Lipinski definition) is 2. The van der Waals surface area contributed by atoms with Crippen molar-refractivity contribution in [2.75, 3.05) is 53.0 Å². The fourth-order valence-corrected chi connectivity index (χ4v) is 2.54. The molecule has 24 heavy (non-hydrogen) atoms. The van der Waals surface area contributed by atoms with Gasteiger partial charge in [-0.2, -0.15) is 0 Å². The molecule has 0 aromatic heterocycles. The summed E-state index contributed by atoms with van der Waals surface area (Å²) in [5.41, 5.74) is 0. The number of nitrogens with one attached hydrogen (secondary N) is 2. The van der Waals surface area contributed by atoms with E-state index in [1.807, 2.05) is 18.7 Å². The minimum atomic E-state index is -0.157. The molecule has 1 amide bonds. The van der Waals surface area contributed by atoms with Gasteiger partial charge in [0.05, 0.1) is 19.1 Å². The Hall–Kier alpha value is -1.83. The summed E-state index contributed by atoms with van der Waals surface area (Å²) in [7, 11) is 1.59. The number of amides is 1. The number of hydrogen-bond acceptors (Lipinski definition) is 5. The number of likely N-dealkylation sites (tertiary alicyclic amines) is 1. The predicted molar refractivity (Wildman–Crippen MR) is 91.8 cm³/mol. The molecule has 1 unspecified atom stereocenters. The lowest BCUT2D eigenvalue weighted by Gasteiger charge is -2.33. The van der Waals surface area contributed by atoms with Crippen molar-refractivity contribution >= 4 is 17.8 Å². The van der Waals surface area contributed by atoms with Crippen LogP contribution in [0.5, 0.6) is 0 Å². The molecule has 1 saturated heterocycles. The molecule has 1 rings (SSSR count). The van der Waals surface area contributed by atoms with Crippen LogP contribution in [0.1, 0.15) is 26.7 Å². The Bertz CT molecular complexity index is 428. The SMILES string of the molecule is CCNC(=NCC(=O)NCCOC)N1CCCC(C(=O)OCC)C1. The number of guanidine groups is 1. The van der Waals surface area contributed by atoms with Crippen molar-refractivity contribution in [2.24, 2.45) is 10.9 Å². The topological polar surface area (TPSA) is 92.3 Å². The van der Waals surface area contributed by atoms with Gasteiger partial charge in [0.1, 0.15) is 6.54 Å². The zero-order chi connectivity index (χ0) is 17.8. The molecule has 0 aromatic carbocycles. The van der Waals surface area contributed by atoms with Crippen molar-refractivity contribution in [3.05, 3.63) is 0 Å². The van der Waals surface area contributed by atoms with Gasteiger partial charge in [0, 0.05) is 33.3 Å². The van der Waals surface area contributed by atoms with E-state index in [1.165, 1.54) is 0 Å². The Morgan fingerprint density at radius 1 is 1.29 bits per heavy atom. The van der Waals surface area contributed by atoms with Crippen molar-refractivity contribution in [1.29, 1.82) is 0 Å². The quantitative estimate of drug-likeness (QED) is 0.279. The van der Waals surface area contributed by atoms with Crippen LogP contribution >= 0.6 is 0 Å². The second kappa shape index (κ2) is 11.7. The van der Waals surface area contributed by atoms with Crippen LogP contribution in [0.15, 0.2) is 4.99 Å². The van der Waals surface area contributed by atoms with Crippen LogP contribution in [0, 0.1) is 5.92 Å². The van der Waals surface area contributed by atoms with Gasteiger partial charge in [0.15, 0.2) is 5.96 Å². The number of carbonyl (C=O) groups excluding carboxylic acids is 2. The van der Waals surface area contributed by atoms with Crippen LogP contribution in [0.4, 0.5) is 0 Å². The Morgan fingerprint density at radius 3 is 2.75 bits per heavy atom. The standard InChI is InChI=1S/C16H30N4O4/c1-4-17-16(19-11-14(21)18-8-10-23-3)20-9-6-7-13(12-20)15(22)24-5-2/h13H,4-12H2,1-3H3,(H,17,19)(H,18,21). The van der Waals surface area contributed by atoms with Gasteiger partial charge in [-0.1, -0.05) is 0 Å². The summed E-state index contributed by atoms with van der Waals surface area (Å²) in [6.07, 6.45) is 1.72. The number of nitrogens with zero attached hydrogens (tertiary/aromatic N) is 2. The highest BCUT2D eigenvalue weighted by Crippen LogP contribution is 2.18. The van der Waals surface area contributed by atoms with Crippen molar-refractivity contribution in [1.82, 2.24) is 15.5 Å². The first kappa shape index (κ1) is 20.2. The van der Waals surface area contributed by atoms with Crippen LogP contribution in [0.2, 0.25) is 0 Å². The first-order chi connectivity index (χ1) is 11.6. The number of carbonyl (C=O) groups is 2. The molecular formula is C16H30N4O4. The third-order valence-corrected chi connectivity index (χ3v) is 3.68. The van der Waals surface area contributed by atoms with Crippen LogP contribution in [0.3, 0.4) is 0 Å². The van der Waals surface area contributed by atoms with E-state index in [1.54, 1.807) is 7.11 Å². The molecule has 1 aliphatic heterocycles. The largest absolute Gasteiger partial charge is 0.466 e. The van der Waals surface area contributed by atoms with Crippen LogP contribution in [0.25, 0.3) is 0 Å². The summed E-state index contributed by atoms with van der Waals surface area (Å²) in [6.45, 7) is 7.25. The van der Waals surface area contributed by atoms with Gasteiger partial charge >= 0.3 is 5.97 Å². The van der Waals surface area contributed by atoms with Crippen molar-refractivity contribution in [3.8, 4) is 0 Å². The third kappa shape index (κ3) is 7.16. The first-order valence-electron chi connectivity index (χ1n) is 8.57. The minimum absolute atomic E-state index is 0.0482. The Morgan fingerprint density at radius 2 is 2.08 bits per heavy atom. The number of aliphatic imine (C=N–C) groups is 1. The lowest BCUT2D eigenvalue weighted by atomic mass is 9.98. The number of esters is 1. The maximum Gasteiger partial charge on any atom is 0.310 e. The summed E-state index contributed by atoms with van der Waals surface area (Å²) >= 11 is 0. The van der Waals surface area contributed by atoms with E-state index in [9.17, 15) is 9.59 Å². The van der Waals surface area contributed by atoms with Crippen molar-refractivity contribution in [3.63, 3.8) is 0 Å². The van der Waals surface area contributed by atoms with E-state index >= 15 is 0 Å². The summed E-state index contributed by atoms with van der Waals surface area (Å²) in [5.74, 6) is 0.211. The number of ether oxygens (including phenoxy) is 2. The summed E-state index contributed by atoms with van der Waals surface area (Å²) in [4.78, 5) is 30.1. The first-order valence-corrected chi connectivity index (χ1v) is 8.57. The molecule has 0 saturated carbocycles. The molecule has 0 radical (unpaired) electrons. The molecule has 138 valence electrons. The van der Waals surface area contributed by atoms with Crippen molar-refractivity contribution < 1.29 is 19.1 Å². The molecule has 2 N–H and O–H groups in total. The lowest BCUT2D eigenvalue weighted by molar-refractivity contribution is -0.149. The van der Waals surface area contributed by atoms with Gasteiger partial charge in [-0.25, -0.2) is 4.99 Å². The predicted octanol–water partition coefficient (Wildman–Crippen LogP) is -0.0104. The number of rotatable bonds is 8. The fraction of sp³-hybridized carbons (Fsp3) is 0.812. The fourth-order valence-electron chi connectivity index (χ4n) is 2.54. The number of methoxy groups -OCH3 is 1. The highest BCUT2D eigenvalue weighted by molar-refractivity contribution is 5.85. The molecule has 0 spiro atoms. The molecule has 0 aliphatic carbocycles. The molecular weight excluding hydrogens is 312 g/mol. The molecule has 0 bridgehead atoms. The molecule has 1 fully saturated rings. The molecule has 8 nitrogen and oxygen atoms in total. The van der Waals surface area contributed by atoms with E-state index in [-0.39, 0.29) is 24.3 Å². The zero-order valence-corrected chi connectivity index (χ0v) is 15.0. The van der Waals surface area contributed by atoms with Crippen molar-refractivity contribution in [2.45, 2.75) is 26.7 Å². The van der Waals surface area contributed by atoms with Gasteiger partial charge in [0.25, 0.3) is 0 Å². The Kier molecular flexibility index (Phi) is 9.83. The van der Waals surface area contributed by atoms with Gasteiger partial charge in [-0.05, 0) is 26.7 Å². The second-order valence-electron chi connectivity index (χ2n) is 5.55. The highest BCUT2D eigenvalue weighted by Gasteiger charge is 2.28. The monoisotopic (exact) mass is 342 g/mol.